The van der Waals surface area contributed by atoms with Gasteiger partial charge in [-0.05, 0) is 31.7 Å². The van der Waals surface area contributed by atoms with Gasteiger partial charge in [0.15, 0.2) is 0 Å². The van der Waals surface area contributed by atoms with Crippen LogP contribution < -0.4 is 10.1 Å². The van der Waals surface area contributed by atoms with E-state index < -0.39 is 0 Å². The molecule has 2 rings (SSSR count). The molecular formula is C17H25NO. The highest BCUT2D eigenvalue weighted by Crippen LogP contribution is 2.24. The Kier molecular flexibility index (Phi) is 5.03. The summed E-state index contributed by atoms with van der Waals surface area (Å²) in [6.07, 6.45) is 7.02. The predicted molar refractivity (Wildman–Crippen MR) is 81.4 cm³/mol. The second kappa shape index (κ2) is 6.76. The number of benzene rings is 1. The second-order valence-corrected chi connectivity index (χ2v) is 5.62. The van der Waals surface area contributed by atoms with Gasteiger partial charge in [-0.3, -0.25) is 0 Å². The van der Waals surface area contributed by atoms with Crippen LogP contribution in [0.1, 0.15) is 39.2 Å². The van der Waals surface area contributed by atoms with Crippen molar-refractivity contribution in [3.05, 3.63) is 35.9 Å². The summed E-state index contributed by atoms with van der Waals surface area (Å²) in [5.41, 5.74) is 1.15. The second-order valence-electron chi connectivity index (χ2n) is 5.62. The van der Waals surface area contributed by atoms with Gasteiger partial charge >= 0.3 is 0 Å². The van der Waals surface area contributed by atoms with Crippen molar-refractivity contribution >= 4 is 6.08 Å². The van der Waals surface area contributed by atoms with Crippen molar-refractivity contribution in [2.45, 2.75) is 45.8 Å². The standard InChI is InChI=1S/C17H25NO/c1-4-7-14-8-5-6-9-16(14)19-17(13(2)3)12-18-15-10-11-15/h4-9,13,15,17-18H,10-12H2,1-3H3. The van der Waals surface area contributed by atoms with Crippen LogP contribution in [0.25, 0.3) is 6.08 Å². The van der Waals surface area contributed by atoms with E-state index in [2.05, 4.69) is 49.5 Å². The molecule has 19 heavy (non-hydrogen) atoms. The van der Waals surface area contributed by atoms with E-state index in [0.717, 1.165) is 23.9 Å². The average Bonchev–Trinajstić information content (AvgIpc) is 3.20. The van der Waals surface area contributed by atoms with Crippen molar-refractivity contribution in [2.24, 2.45) is 5.92 Å². The van der Waals surface area contributed by atoms with Crippen molar-refractivity contribution in [1.82, 2.24) is 5.32 Å². The van der Waals surface area contributed by atoms with Crippen molar-refractivity contribution < 1.29 is 4.74 Å². The molecule has 0 radical (unpaired) electrons. The largest absolute Gasteiger partial charge is 0.488 e. The molecule has 1 saturated carbocycles. The molecule has 1 aliphatic carbocycles. The quantitative estimate of drug-likeness (QED) is 0.802. The SMILES string of the molecule is CC=Cc1ccccc1OC(CNC1CC1)C(C)C. The molecule has 1 unspecified atom stereocenters. The molecule has 2 nitrogen and oxygen atoms in total. The minimum Gasteiger partial charge on any atom is -0.488 e. The molecule has 1 aliphatic rings. The van der Waals surface area contributed by atoms with Gasteiger partial charge < -0.3 is 10.1 Å². The Hall–Kier alpha value is -1.28. The molecule has 1 fully saturated rings. The molecule has 0 saturated heterocycles. The van der Waals surface area contributed by atoms with Crippen LogP contribution in [0.2, 0.25) is 0 Å². The lowest BCUT2D eigenvalue weighted by Crippen LogP contribution is -2.36. The maximum absolute atomic E-state index is 6.22. The first-order valence-electron chi connectivity index (χ1n) is 7.32. The van der Waals surface area contributed by atoms with Crippen LogP contribution in [0, 0.1) is 5.92 Å². The first-order chi connectivity index (χ1) is 9.20. The molecular weight excluding hydrogens is 234 g/mol. The lowest BCUT2D eigenvalue weighted by atomic mass is 10.1. The van der Waals surface area contributed by atoms with E-state index >= 15 is 0 Å². The highest BCUT2D eigenvalue weighted by molar-refractivity contribution is 5.56. The summed E-state index contributed by atoms with van der Waals surface area (Å²) in [5, 5.41) is 3.57. The highest BCUT2D eigenvalue weighted by atomic mass is 16.5. The molecule has 1 atom stereocenters. The number of nitrogens with one attached hydrogen (secondary N) is 1. The molecule has 0 heterocycles. The lowest BCUT2D eigenvalue weighted by Gasteiger charge is -2.24. The zero-order valence-corrected chi connectivity index (χ0v) is 12.2. The topological polar surface area (TPSA) is 21.3 Å². The van der Waals surface area contributed by atoms with E-state index in [0.29, 0.717) is 5.92 Å². The van der Waals surface area contributed by atoms with Gasteiger partial charge in [0.25, 0.3) is 0 Å². The van der Waals surface area contributed by atoms with Crippen molar-refractivity contribution in [3.8, 4) is 5.75 Å². The third-order valence-corrected chi connectivity index (χ3v) is 3.47. The summed E-state index contributed by atoms with van der Waals surface area (Å²) in [6, 6.07) is 8.97. The fourth-order valence-corrected chi connectivity index (χ4v) is 2.05. The summed E-state index contributed by atoms with van der Waals surface area (Å²) in [6.45, 7) is 7.41. The minimum atomic E-state index is 0.229. The van der Waals surface area contributed by atoms with Gasteiger partial charge in [-0.15, -0.1) is 0 Å². The van der Waals surface area contributed by atoms with E-state index in [1.165, 1.54) is 12.8 Å². The maximum atomic E-state index is 6.22. The van der Waals surface area contributed by atoms with Gasteiger partial charge in [0.1, 0.15) is 11.9 Å². The molecule has 0 aromatic heterocycles. The summed E-state index contributed by atoms with van der Waals surface area (Å²) in [7, 11) is 0. The van der Waals surface area contributed by atoms with Crippen LogP contribution in [0.5, 0.6) is 5.75 Å². The zero-order valence-electron chi connectivity index (χ0n) is 12.2. The Labute approximate surface area is 116 Å². The van der Waals surface area contributed by atoms with Gasteiger partial charge in [0.2, 0.25) is 0 Å². The summed E-state index contributed by atoms with van der Waals surface area (Å²) >= 11 is 0. The number of hydrogen-bond acceptors (Lipinski definition) is 2. The Morgan fingerprint density at radius 3 is 2.68 bits per heavy atom. The third-order valence-electron chi connectivity index (χ3n) is 3.47. The van der Waals surface area contributed by atoms with E-state index in [-0.39, 0.29) is 6.10 Å². The highest BCUT2D eigenvalue weighted by Gasteiger charge is 2.24. The fraction of sp³-hybridized carbons (Fsp3) is 0.529. The van der Waals surface area contributed by atoms with Gasteiger partial charge in [-0.2, -0.15) is 0 Å². The molecule has 1 N–H and O–H groups in total. The fourth-order valence-electron chi connectivity index (χ4n) is 2.05. The molecule has 0 spiro atoms. The van der Waals surface area contributed by atoms with E-state index in [1.54, 1.807) is 0 Å². The molecule has 0 aliphatic heterocycles. The van der Waals surface area contributed by atoms with Crippen LogP contribution in [0.15, 0.2) is 30.3 Å². The number of rotatable bonds is 7. The normalized spacial score (nSPS) is 17.1. The number of ether oxygens (including phenoxy) is 1. The molecule has 2 heteroatoms. The first kappa shape index (κ1) is 14.1. The molecule has 104 valence electrons. The van der Waals surface area contributed by atoms with Crippen LogP contribution in [0.3, 0.4) is 0 Å². The first-order valence-corrected chi connectivity index (χ1v) is 7.32. The van der Waals surface area contributed by atoms with E-state index in [9.17, 15) is 0 Å². The maximum Gasteiger partial charge on any atom is 0.127 e. The Balaban J connectivity index is 2.02. The molecule has 0 bridgehead atoms. The predicted octanol–water partition coefficient (Wildman–Crippen LogP) is 3.88. The third kappa shape index (κ3) is 4.39. The van der Waals surface area contributed by atoms with Gasteiger partial charge in [-0.25, -0.2) is 0 Å². The molecule has 0 amide bonds. The summed E-state index contributed by atoms with van der Waals surface area (Å²) in [5.74, 6) is 1.49. The van der Waals surface area contributed by atoms with Crippen molar-refractivity contribution in [3.63, 3.8) is 0 Å². The molecule has 1 aromatic carbocycles. The van der Waals surface area contributed by atoms with Gasteiger partial charge in [-0.1, -0.05) is 44.2 Å². The van der Waals surface area contributed by atoms with Crippen molar-refractivity contribution in [2.75, 3.05) is 6.54 Å². The Bertz CT molecular complexity index is 421. The zero-order chi connectivity index (χ0) is 13.7. The summed E-state index contributed by atoms with van der Waals surface area (Å²) < 4.78 is 6.22. The van der Waals surface area contributed by atoms with Crippen LogP contribution in [-0.2, 0) is 0 Å². The number of para-hydroxylation sites is 1. The average molecular weight is 259 g/mol. The van der Waals surface area contributed by atoms with Gasteiger partial charge in [0, 0.05) is 18.2 Å². The minimum absolute atomic E-state index is 0.229. The van der Waals surface area contributed by atoms with Crippen LogP contribution in [0.4, 0.5) is 0 Å². The Morgan fingerprint density at radius 2 is 2.05 bits per heavy atom. The molecule has 1 aromatic rings. The Morgan fingerprint density at radius 1 is 1.32 bits per heavy atom. The van der Waals surface area contributed by atoms with E-state index in [1.807, 2.05) is 13.0 Å². The van der Waals surface area contributed by atoms with Crippen molar-refractivity contribution in [1.29, 1.82) is 0 Å². The van der Waals surface area contributed by atoms with Crippen LogP contribution in [-0.4, -0.2) is 18.7 Å². The smallest absolute Gasteiger partial charge is 0.127 e. The van der Waals surface area contributed by atoms with Gasteiger partial charge in [0.05, 0.1) is 0 Å². The number of allylic oxidation sites excluding steroid dienone is 1. The monoisotopic (exact) mass is 259 g/mol. The lowest BCUT2D eigenvalue weighted by molar-refractivity contribution is 0.148. The van der Waals surface area contributed by atoms with E-state index in [4.69, 9.17) is 4.74 Å². The number of hydrogen-bond donors (Lipinski definition) is 1. The van der Waals surface area contributed by atoms with Crippen LogP contribution >= 0.6 is 0 Å². The summed E-state index contributed by atoms with van der Waals surface area (Å²) in [4.78, 5) is 0.